The van der Waals surface area contributed by atoms with Crippen LogP contribution >= 0.6 is 0 Å². The number of ether oxygens (including phenoxy) is 1. The van der Waals surface area contributed by atoms with Crippen LogP contribution in [0.2, 0.25) is 0 Å². The van der Waals surface area contributed by atoms with Crippen LogP contribution in [0.1, 0.15) is 28.0 Å². The number of Topliss-reactive ketones (excluding diaryl/α,β-unsaturated/α-hetero) is 1. The third-order valence-corrected chi connectivity index (χ3v) is 6.41. The van der Waals surface area contributed by atoms with Crippen molar-refractivity contribution in [2.45, 2.75) is 12.8 Å². The maximum atomic E-state index is 12.7. The zero-order valence-electron chi connectivity index (χ0n) is 18.9. The summed E-state index contributed by atoms with van der Waals surface area (Å²) in [7, 11) is 1.71. The number of methoxy groups -OCH3 is 1. The minimum atomic E-state index is 0.131. The number of carbonyl (C=O) groups excluding carboxylic acids is 1. The van der Waals surface area contributed by atoms with Crippen LogP contribution in [-0.4, -0.2) is 49.0 Å². The minimum absolute atomic E-state index is 0.131. The molecule has 6 heteroatoms. The minimum Gasteiger partial charge on any atom is -0.495 e. The van der Waals surface area contributed by atoms with Gasteiger partial charge in [0, 0.05) is 38.8 Å². The number of carbonyl (C=O) groups is 1. The fraction of sp³-hybridized carbons (Fsp3) is 0.296. The number of hydrogen-bond donors (Lipinski definition) is 0. The summed E-state index contributed by atoms with van der Waals surface area (Å²) in [5, 5.41) is 0. The molecule has 1 saturated heterocycles. The number of para-hydroxylation sites is 2. The summed E-state index contributed by atoms with van der Waals surface area (Å²) in [4.78, 5) is 26.6. The summed E-state index contributed by atoms with van der Waals surface area (Å²) in [6, 6.07) is 18.3. The van der Waals surface area contributed by atoms with E-state index >= 15 is 0 Å². The number of hydrogen-bond acceptors (Lipinski definition) is 6. The van der Waals surface area contributed by atoms with E-state index in [1.165, 1.54) is 0 Å². The predicted molar refractivity (Wildman–Crippen MR) is 131 cm³/mol. The van der Waals surface area contributed by atoms with E-state index in [1.54, 1.807) is 13.3 Å². The van der Waals surface area contributed by atoms with Crippen LogP contribution in [0.5, 0.6) is 5.75 Å². The monoisotopic (exact) mass is 440 g/mol. The second-order valence-electron chi connectivity index (χ2n) is 8.54. The Hall–Kier alpha value is -3.67. The van der Waals surface area contributed by atoms with Crippen LogP contribution in [0.3, 0.4) is 0 Å². The lowest BCUT2D eigenvalue weighted by Gasteiger charge is -2.36. The number of ketones is 1. The molecule has 0 radical (unpaired) electrons. The van der Waals surface area contributed by atoms with E-state index in [0.29, 0.717) is 17.9 Å². The fourth-order valence-electron chi connectivity index (χ4n) is 4.60. The number of allylic oxidation sites excluding steroid dienone is 1. The van der Waals surface area contributed by atoms with Gasteiger partial charge < -0.3 is 14.5 Å². The third kappa shape index (κ3) is 4.60. The molecule has 1 fully saturated rings. The maximum Gasteiger partial charge on any atom is 0.225 e. The Kier molecular flexibility index (Phi) is 6.07. The lowest BCUT2D eigenvalue weighted by Crippen LogP contribution is -2.47. The highest BCUT2D eigenvalue weighted by Crippen LogP contribution is 2.30. The summed E-state index contributed by atoms with van der Waals surface area (Å²) < 4.78 is 5.52. The van der Waals surface area contributed by atoms with Gasteiger partial charge in [-0.05, 0) is 30.0 Å². The van der Waals surface area contributed by atoms with Crippen molar-refractivity contribution >= 4 is 23.5 Å². The van der Waals surface area contributed by atoms with E-state index in [4.69, 9.17) is 9.72 Å². The molecule has 1 unspecified atom stereocenters. The molecule has 3 aromatic rings. The number of nitrogens with zero attached hydrogens (tertiary/aromatic N) is 4. The summed E-state index contributed by atoms with van der Waals surface area (Å²) in [5.74, 6) is 1.90. The maximum absolute atomic E-state index is 12.7. The Morgan fingerprint density at radius 2 is 1.67 bits per heavy atom. The first-order chi connectivity index (χ1) is 16.2. The third-order valence-electron chi connectivity index (χ3n) is 6.41. The van der Waals surface area contributed by atoms with Crippen molar-refractivity contribution in [2.75, 3.05) is 43.1 Å². The van der Waals surface area contributed by atoms with E-state index in [9.17, 15) is 4.79 Å². The molecule has 168 valence electrons. The molecule has 0 bridgehead atoms. The molecule has 1 atom stereocenters. The van der Waals surface area contributed by atoms with Gasteiger partial charge in [-0.3, -0.25) is 4.79 Å². The number of piperazine rings is 1. The lowest BCUT2D eigenvalue weighted by molar-refractivity contribution is 0.0957. The van der Waals surface area contributed by atoms with Crippen LogP contribution in [0.4, 0.5) is 11.6 Å². The Morgan fingerprint density at radius 1 is 0.939 bits per heavy atom. The highest BCUT2D eigenvalue weighted by molar-refractivity contribution is 5.98. The molecule has 2 heterocycles. The molecular formula is C27H28N4O2. The van der Waals surface area contributed by atoms with Gasteiger partial charge in [-0.25, -0.2) is 9.97 Å². The Morgan fingerprint density at radius 3 is 2.45 bits per heavy atom. The molecule has 0 spiro atoms. The summed E-state index contributed by atoms with van der Waals surface area (Å²) in [6.45, 7) is 3.37. The van der Waals surface area contributed by atoms with Gasteiger partial charge >= 0.3 is 0 Å². The standard InChI is InChI=1S/C27H28N4O2/c1-33-26-10-6-5-9-24(26)30-13-15-31(16-14-30)27-28-19-22-23(29-27)17-21(18-25(22)32)12-11-20-7-3-2-4-8-20/h2-12,19,21H,13-18H2,1H3/b12-11+. The van der Waals surface area contributed by atoms with Crippen LogP contribution in [0.25, 0.3) is 6.08 Å². The summed E-state index contributed by atoms with van der Waals surface area (Å²) in [5.41, 5.74) is 3.80. The molecule has 0 saturated carbocycles. The predicted octanol–water partition coefficient (Wildman–Crippen LogP) is 4.27. The largest absolute Gasteiger partial charge is 0.495 e. The SMILES string of the molecule is COc1ccccc1N1CCN(c2ncc3c(n2)CC(/C=C/c2ccccc2)CC3=O)CC1. The van der Waals surface area contributed by atoms with Crippen molar-refractivity contribution in [3.63, 3.8) is 0 Å². The smallest absolute Gasteiger partial charge is 0.225 e. The lowest BCUT2D eigenvalue weighted by atomic mass is 9.86. The Labute approximate surface area is 194 Å². The van der Waals surface area contributed by atoms with Crippen molar-refractivity contribution in [3.05, 3.63) is 83.7 Å². The molecule has 33 heavy (non-hydrogen) atoms. The fourth-order valence-corrected chi connectivity index (χ4v) is 4.60. The number of benzene rings is 2. The number of rotatable bonds is 5. The first-order valence-electron chi connectivity index (χ1n) is 11.5. The zero-order valence-corrected chi connectivity index (χ0v) is 18.9. The highest BCUT2D eigenvalue weighted by Gasteiger charge is 2.27. The van der Waals surface area contributed by atoms with E-state index in [-0.39, 0.29) is 11.7 Å². The first kappa shape index (κ1) is 21.2. The van der Waals surface area contributed by atoms with Gasteiger partial charge in [-0.15, -0.1) is 0 Å². The van der Waals surface area contributed by atoms with Crippen molar-refractivity contribution in [1.82, 2.24) is 9.97 Å². The second kappa shape index (κ2) is 9.45. The van der Waals surface area contributed by atoms with Gasteiger partial charge in [0.1, 0.15) is 5.75 Å². The molecule has 6 nitrogen and oxygen atoms in total. The van der Waals surface area contributed by atoms with Gasteiger partial charge in [0.2, 0.25) is 5.95 Å². The van der Waals surface area contributed by atoms with Crippen molar-refractivity contribution in [3.8, 4) is 5.75 Å². The molecule has 0 amide bonds. The molecule has 5 rings (SSSR count). The summed E-state index contributed by atoms with van der Waals surface area (Å²) >= 11 is 0. The van der Waals surface area contributed by atoms with E-state index in [0.717, 1.165) is 55.3 Å². The quantitative estimate of drug-likeness (QED) is 0.591. The number of aromatic nitrogens is 2. The van der Waals surface area contributed by atoms with Crippen molar-refractivity contribution in [1.29, 1.82) is 0 Å². The van der Waals surface area contributed by atoms with Gasteiger partial charge in [0.25, 0.3) is 0 Å². The van der Waals surface area contributed by atoms with Crippen molar-refractivity contribution in [2.24, 2.45) is 5.92 Å². The van der Waals surface area contributed by atoms with Crippen LogP contribution in [0, 0.1) is 5.92 Å². The van der Waals surface area contributed by atoms with E-state index in [2.05, 4.69) is 45.1 Å². The highest BCUT2D eigenvalue weighted by atomic mass is 16.5. The molecular weight excluding hydrogens is 412 g/mol. The molecule has 1 aromatic heterocycles. The summed E-state index contributed by atoms with van der Waals surface area (Å²) in [6.07, 6.45) is 7.24. The van der Waals surface area contributed by atoms with Gasteiger partial charge in [0.15, 0.2) is 5.78 Å². The Bertz CT molecular complexity index is 1150. The van der Waals surface area contributed by atoms with Crippen molar-refractivity contribution < 1.29 is 9.53 Å². The number of fused-ring (bicyclic) bond motifs is 1. The topological polar surface area (TPSA) is 58.6 Å². The molecule has 1 aliphatic carbocycles. The van der Waals surface area contributed by atoms with Crippen LogP contribution in [0.15, 0.2) is 66.9 Å². The zero-order chi connectivity index (χ0) is 22.6. The van der Waals surface area contributed by atoms with Gasteiger partial charge in [-0.2, -0.15) is 0 Å². The molecule has 1 aliphatic heterocycles. The van der Waals surface area contributed by atoms with E-state index < -0.39 is 0 Å². The van der Waals surface area contributed by atoms with E-state index in [1.807, 2.05) is 36.4 Å². The first-order valence-corrected chi connectivity index (χ1v) is 11.5. The normalized spacial score (nSPS) is 18.5. The number of anilines is 2. The molecule has 0 N–H and O–H groups in total. The average Bonchev–Trinajstić information content (AvgIpc) is 2.88. The van der Waals surface area contributed by atoms with Gasteiger partial charge in [-0.1, -0.05) is 54.6 Å². The van der Waals surface area contributed by atoms with Crippen LogP contribution in [-0.2, 0) is 6.42 Å². The Balaban J connectivity index is 1.28. The van der Waals surface area contributed by atoms with Crippen LogP contribution < -0.4 is 14.5 Å². The molecule has 2 aliphatic rings. The average molecular weight is 441 g/mol. The molecule has 2 aromatic carbocycles. The van der Waals surface area contributed by atoms with Gasteiger partial charge in [0.05, 0.1) is 24.1 Å². The second-order valence-corrected chi connectivity index (χ2v) is 8.54.